The van der Waals surface area contributed by atoms with Gasteiger partial charge in [-0.15, -0.1) is 0 Å². The van der Waals surface area contributed by atoms with E-state index in [0.717, 1.165) is 5.69 Å². The van der Waals surface area contributed by atoms with Crippen LogP contribution < -0.4 is 10.2 Å². The number of aromatic nitrogens is 4. The van der Waals surface area contributed by atoms with Crippen LogP contribution in [0.5, 0.6) is 5.75 Å². The highest BCUT2D eigenvalue weighted by molar-refractivity contribution is 5.59. The van der Waals surface area contributed by atoms with Gasteiger partial charge in [-0.05, 0) is 36.4 Å². The van der Waals surface area contributed by atoms with Crippen molar-refractivity contribution in [2.75, 3.05) is 7.11 Å². The first-order valence-corrected chi connectivity index (χ1v) is 8.13. The fourth-order valence-corrected chi connectivity index (χ4v) is 2.75. The van der Waals surface area contributed by atoms with Gasteiger partial charge in [-0.1, -0.05) is 24.3 Å². The van der Waals surface area contributed by atoms with Crippen LogP contribution in [0.3, 0.4) is 0 Å². The predicted octanol–water partition coefficient (Wildman–Crippen LogP) is 3.03. The highest BCUT2D eigenvalue weighted by Crippen LogP contribution is 2.21. The summed E-state index contributed by atoms with van der Waals surface area (Å²) in [5.74, 6) is -0.466. The van der Waals surface area contributed by atoms with Crippen LogP contribution >= 0.6 is 0 Å². The lowest BCUT2D eigenvalue weighted by molar-refractivity contribution is 0.405. The molecular formula is C20H14FN4O2. The molecule has 0 aliphatic rings. The fourth-order valence-electron chi connectivity index (χ4n) is 2.75. The maximum Gasteiger partial charge on any atom is 0.251 e. The van der Waals surface area contributed by atoms with Crippen LogP contribution in [0.2, 0.25) is 0 Å². The lowest BCUT2D eigenvalue weighted by Gasteiger charge is -2.12. The molecule has 0 bridgehead atoms. The van der Waals surface area contributed by atoms with Gasteiger partial charge in [0.05, 0.1) is 30.9 Å². The molecule has 0 saturated carbocycles. The van der Waals surface area contributed by atoms with Gasteiger partial charge < -0.3 is 4.74 Å². The molecule has 133 valence electrons. The Labute approximate surface area is 154 Å². The minimum Gasteiger partial charge on any atom is -0.491 e. The van der Waals surface area contributed by atoms with Crippen molar-refractivity contribution in [2.45, 2.75) is 0 Å². The third-order valence-corrected chi connectivity index (χ3v) is 4.03. The molecule has 2 aromatic carbocycles. The van der Waals surface area contributed by atoms with Crippen LogP contribution in [0.25, 0.3) is 22.8 Å². The van der Waals surface area contributed by atoms with Crippen LogP contribution in [0, 0.1) is 11.9 Å². The molecule has 4 aromatic rings. The first-order valence-electron chi connectivity index (χ1n) is 8.13. The van der Waals surface area contributed by atoms with Crippen molar-refractivity contribution in [1.29, 1.82) is 0 Å². The third-order valence-electron chi connectivity index (χ3n) is 4.03. The number of nitrogens with zero attached hydrogens (tertiary/aromatic N) is 4. The number of methoxy groups -OCH3 is 1. The average Bonchev–Trinajstić information content (AvgIpc) is 3.19. The van der Waals surface area contributed by atoms with Crippen molar-refractivity contribution in [1.82, 2.24) is 19.6 Å². The minimum absolute atomic E-state index is 0.0491. The number of benzene rings is 2. The highest BCUT2D eigenvalue weighted by atomic mass is 19.1. The molecule has 0 atom stereocenters. The van der Waals surface area contributed by atoms with E-state index in [4.69, 9.17) is 4.74 Å². The van der Waals surface area contributed by atoms with E-state index >= 15 is 0 Å². The van der Waals surface area contributed by atoms with E-state index in [2.05, 4.69) is 16.3 Å². The molecule has 7 heteroatoms. The quantitative estimate of drug-likeness (QED) is 0.561. The molecule has 0 unspecified atom stereocenters. The molecule has 2 heterocycles. The van der Waals surface area contributed by atoms with Crippen LogP contribution in [-0.4, -0.2) is 26.7 Å². The summed E-state index contributed by atoms with van der Waals surface area (Å²) in [5.41, 5.74) is 1.12. The normalized spacial score (nSPS) is 10.7. The van der Waals surface area contributed by atoms with Gasteiger partial charge in [-0.25, -0.2) is 13.8 Å². The Morgan fingerprint density at radius 2 is 1.96 bits per heavy atom. The zero-order valence-electron chi connectivity index (χ0n) is 14.3. The molecule has 1 radical (unpaired) electrons. The lowest BCUT2D eigenvalue weighted by atomic mass is 10.2. The standard InChI is InChI=1S/C20H14FN4O2/c1-27-18-13-24(16-10-6-5-9-15(16)21)23-19(20(18)26)17-11-12-22-25(17)14-7-3-2-4-8-14/h2-4,6-13H,1H3. The highest BCUT2D eigenvalue weighted by Gasteiger charge is 2.18. The fraction of sp³-hybridized carbons (Fsp3) is 0.0500. The lowest BCUT2D eigenvalue weighted by Crippen LogP contribution is -2.18. The van der Waals surface area contributed by atoms with Crippen LogP contribution in [0.1, 0.15) is 0 Å². The molecule has 0 amide bonds. The van der Waals surface area contributed by atoms with Crippen molar-refractivity contribution < 1.29 is 9.13 Å². The Bertz CT molecular complexity index is 1150. The summed E-state index contributed by atoms with van der Waals surface area (Å²) in [4.78, 5) is 12.8. The van der Waals surface area contributed by atoms with Crippen LogP contribution in [0.15, 0.2) is 71.8 Å². The van der Waals surface area contributed by atoms with E-state index in [9.17, 15) is 9.18 Å². The van der Waals surface area contributed by atoms with E-state index < -0.39 is 11.2 Å². The molecular weight excluding hydrogens is 347 g/mol. The molecule has 2 aromatic heterocycles. The van der Waals surface area contributed by atoms with Crippen LogP contribution in [0.4, 0.5) is 4.39 Å². The smallest absolute Gasteiger partial charge is 0.251 e. The Kier molecular flexibility index (Phi) is 4.25. The third kappa shape index (κ3) is 2.99. The second-order valence-electron chi connectivity index (χ2n) is 5.66. The number of para-hydroxylation sites is 1. The zero-order chi connectivity index (χ0) is 18.8. The summed E-state index contributed by atoms with van der Waals surface area (Å²) >= 11 is 0. The zero-order valence-corrected chi connectivity index (χ0v) is 14.3. The van der Waals surface area contributed by atoms with Gasteiger partial charge in [-0.3, -0.25) is 4.79 Å². The van der Waals surface area contributed by atoms with Gasteiger partial charge in [0.2, 0.25) is 0 Å². The van der Waals surface area contributed by atoms with E-state index in [1.165, 1.54) is 30.1 Å². The molecule has 0 fully saturated rings. The topological polar surface area (TPSA) is 61.9 Å². The largest absolute Gasteiger partial charge is 0.491 e. The van der Waals surface area contributed by atoms with E-state index in [1.807, 2.05) is 30.3 Å². The summed E-state index contributed by atoms with van der Waals surface area (Å²) in [6.45, 7) is 0. The molecule has 4 rings (SSSR count). The average molecular weight is 361 g/mol. The molecule has 0 aliphatic carbocycles. The summed E-state index contributed by atoms with van der Waals surface area (Å²) in [6.07, 6.45) is 2.93. The van der Waals surface area contributed by atoms with E-state index in [0.29, 0.717) is 5.69 Å². The van der Waals surface area contributed by atoms with E-state index in [-0.39, 0.29) is 17.1 Å². The van der Waals surface area contributed by atoms with Crippen LogP contribution in [-0.2, 0) is 0 Å². The predicted molar refractivity (Wildman–Crippen MR) is 97.7 cm³/mol. The minimum atomic E-state index is -0.516. The summed E-state index contributed by atoms with van der Waals surface area (Å²) < 4.78 is 22.3. The second-order valence-corrected chi connectivity index (χ2v) is 5.66. The summed E-state index contributed by atoms with van der Waals surface area (Å²) in [6, 6.07) is 18.0. The van der Waals surface area contributed by atoms with Gasteiger partial charge in [-0.2, -0.15) is 10.2 Å². The van der Waals surface area contributed by atoms with E-state index in [1.54, 1.807) is 23.0 Å². The molecule has 27 heavy (non-hydrogen) atoms. The Morgan fingerprint density at radius 1 is 1.15 bits per heavy atom. The molecule has 0 spiro atoms. The molecule has 0 N–H and O–H groups in total. The monoisotopic (exact) mass is 361 g/mol. The van der Waals surface area contributed by atoms with Gasteiger partial charge >= 0.3 is 0 Å². The SMILES string of the molecule is COc1cn(-c2cc[c]cc2F)nc(-c2ccnn2-c2ccccc2)c1=O. The first kappa shape index (κ1) is 16.7. The first-order chi connectivity index (χ1) is 13.2. The number of halogens is 1. The number of ether oxygens (including phenoxy) is 1. The van der Waals surface area contributed by atoms with Crippen molar-refractivity contribution in [2.24, 2.45) is 0 Å². The Balaban J connectivity index is 1.95. The maximum absolute atomic E-state index is 14.2. The summed E-state index contributed by atoms with van der Waals surface area (Å²) in [5, 5.41) is 8.64. The maximum atomic E-state index is 14.2. The molecule has 0 aliphatic heterocycles. The number of rotatable bonds is 4. The molecule has 6 nitrogen and oxygen atoms in total. The van der Waals surface area contributed by atoms with Gasteiger partial charge in [0.25, 0.3) is 5.43 Å². The molecule has 0 saturated heterocycles. The Morgan fingerprint density at radius 3 is 2.70 bits per heavy atom. The van der Waals surface area contributed by atoms with Gasteiger partial charge in [0.1, 0.15) is 11.5 Å². The number of hydrogen-bond acceptors (Lipinski definition) is 4. The van der Waals surface area contributed by atoms with Gasteiger partial charge in [0.15, 0.2) is 11.4 Å². The van der Waals surface area contributed by atoms with Crippen molar-refractivity contribution in [3.05, 3.63) is 89.1 Å². The van der Waals surface area contributed by atoms with Gasteiger partial charge in [0, 0.05) is 0 Å². The number of hydrogen-bond donors (Lipinski definition) is 0. The second kappa shape index (κ2) is 6.87. The van der Waals surface area contributed by atoms with Crippen molar-refractivity contribution in [3.63, 3.8) is 0 Å². The van der Waals surface area contributed by atoms with Crippen molar-refractivity contribution in [3.8, 4) is 28.5 Å². The summed E-state index contributed by atoms with van der Waals surface area (Å²) in [7, 11) is 1.38. The Hall–Kier alpha value is -3.74. The van der Waals surface area contributed by atoms with Crippen molar-refractivity contribution >= 4 is 0 Å².